The molecule has 1 aromatic rings. The molecule has 0 aliphatic carbocycles. The summed E-state index contributed by atoms with van der Waals surface area (Å²) in [4.78, 5) is 14.2. The molecule has 0 aromatic heterocycles. The van der Waals surface area contributed by atoms with Gasteiger partial charge in [0.15, 0.2) is 0 Å². The Hall–Kier alpha value is -1.46. The molecule has 0 radical (unpaired) electrons. The minimum Gasteiger partial charge on any atom is -0.497 e. The fraction of sp³-hybridized carbons (Fsp3) is 0.562. The number of rotatable bonds is 6. The van der Waals surface area contributed by atoms with Crippen LogP contribution in [0, 0.1) is 0 Å². The predicted molar refractivity (Wildman–Crippen MR) is 88.9 cm³/mol. The summed E-state index contributed by atoms with van der Waals surface area (Å²) >= 11 is 0. The third kappa shape index (κ3) is 4.52. The molecule has 6 heteroatoms. The lowest BCUT2D eigenvalue weighted by Crippen LogP contribution is -2.39. The van der Waals surface area contributed by atoms with Gasteiger partial charge in [-0.1, -0.05) is 0 Å². The number of amides is 1. The Morgan fingerprint density at radius 1 is 1.27 bits per heavy atom. The highest BCUT2D eigenvalue weighted by atomic mass is 35.5. The molecule has 1 fully saturated rings. The Kier molecular flexibility index (Phi) is 7.48. The maximum absolute atomic E-state index is 12.3. The van der Waals surface area contributed by atoms with Crippen molar-refractivity contribution >= 4 is 18.3 Å². The highest BCUT2D eigenvalue weighted by molar-refractivity contribution is 5.85. The molecule has 1 unspecified atom stereocenters. The lowest BCUT2D eigenvalue weighted by molar-refractivity contribution is -0.131. The minimum atomic E-state index is 0. The van der Waals surface area contributed by atoms with Gasteiger partial charge in [0.2, 0.25) is 5.91 Å². The zero-order valence-corrected chi connectivity index (χ0v) is 14.0. The number of nitrogens with two attached hydrogens (primary N) is 1. The van der Waals surface area contributed by atoms with E-state index in [1.165, 1.54) is 0 Å². The molecule has 0 spiro atoms. The van der Waals surface area contributed by atoms with E-state index in [4.69, 9.17) is 15.2 Å². The SMILES string of the molecule is COc1cc(CCC(=O)N2CCCC2CN)cc(OC)c1.Cl. The molecule has 2 rings (SSSR count). The lowest BCUT2D eigenvalue weighted by Gasteiger charge is -2.23. The summed E-state index contributed by atoms with van der Waals surface area (Å²) in [5, 5.41) is 0. The first-order valence-corrected chi connectivity index (χ1v) is 7.39. The molecule has 2 N–H and O–H groups in total. The zero-order chi connectivity index (χ0) is 15.2. The number of carbonyl (C=O) groups is 1. The summed E-state index contributed by atoms with van der Waals surface area (Å²) < 4.78 is 10.5. The number of carbonyl (C=O) groups excluding carboxylic acids is 1. The van der Waals surface area contributed by atoms with Crippen molar-refractivity contribution in [1.29, 1.82) is 0 Å². The number of likely N-dealkylation sites (tertiary alicyclic amines) is 1. The molecule has 1 saturated heterocycles. The largest absolute Gasteiger partial charge is 0.497 e. The molecule has 1 aliphatic rings. The fourth-order valence-electron chi connectivity index (χ4n) is 2.81. The Morgan fingerprint density at radius 3 is 2.45 bits per heavy atom. The van der Waals surface area contributed by atoms with Crippen LogP contribution >= 0.6 is 12.4 Å². The molecule has 22 heavy (non-hydrogen) atoms. The van der Waals surface area contributed by atoms with Gasteiger partial charge in [0.05, 0.1) is 14.2 Å². The van der Waals surface area contributed by atoms with Crippen molar-refractivity contribution in [2.24, 2.45) is 5.73 Å². The number of hydrogen-bond acceptors (Lipinski definition) is 4. The van der Waals surface area contributed by atoms with Crippen molar-refractivity contribution in [1.82, 2.24) is 4.90 Å². The van der Waals surface area contributed by atoms with Gasteiger partial charge in [-0.25, -0.2) is 0 Å². The quantitative estimate of drug-likeness (QED) is 0.867. The van der Waals surface area contributed by atoms with Gasteiger partial charge in [0, 0.05) is 31.6 Å². The molecule has 1 atom stereocenters. The van der Waals surface area contributed by atoms with E-state index < -0.39 is 0 Å². The average molecular weight is 329 g/mol. The van der Waals surface area contributed by atoms with Gasteiger partial charge in [-0.3, -0.25) is 4.79 Å². The van der Waals surface area contributed by atoms with Crippen molar-refractivity contribution < 1.29 is 14.3 Å². The second-order valence-electron chi connectivity index (χ2n) is 5.34. The van der Waals surface area contributed by atoms with E-state index in [2.05, 4.69) is 0 Å². The molecular weight excluding hydrogens is 304 g/mol. The molecule has 0 saturated carbocycles. The van der Waals surface area contributed by atoms with Gasteiger partial charge < -0.3 is 20.1 Å². The van der Waals surface area contributed by atoms with E-state index in [0.29, 0.717) is 19.4 Å². The number of aryl methyl sites for hydroxylation is 1. The highest BCUT2D eigenvalue weighted by Crippen LogP contribution is 2.24. The first kappa shape index (κ1) is 18.6. The van der Waals surface area contributed by atoms with Gasteiger partial charge in [-0.2, -0.15) is 0 Å². The van der Waals surface area contributed by atoms with Crippen LogP contribution in [0.4, 0.5) is 0 Å². The Morgan fingerprint density at radius 2 is 1.91 bits per heavy atom. The number of nitrogens with zero attached hydrogens (tertiary/aromatic N) is 1. The van der Waals surface area contributed by atoms with Crippen molar-refractivity contribution in [2.45, 2.75) is 31.7 Å². The van der Waals surface area contributed by atoms with Crippen LogP contribution in [0.1, 0.15) is 24.8 Å². The van der Waals surface area contributed by atoms with Crippen molar-refractivity contribution in [3.8, 4) is 11.5 Å². The van der Waals surface area contributed by atoms with E-state index in [9.17, 15) is 4.79 Å². The molecule has 0 bridgehead atoms. The summed E-state index contributed by atoms with van der Waals surface area (Å²) in [6.07, 6.45) is 3.25. The van der Waals surface area contributed by atoms with Crippen LogP contribution in [-0.4, -0.2) is 44.2 Å². The maximum Gasteiger partial charge on any atom is 0.223 e. The minimum absolute atomic E-state index is 0. The van der Waals surface area contributed by atoms with Crippen LogP contribution in [0.3, 0.4) is 0 Å². The molecular formula is C16H25ClN2O3. The number of methoxy groups -OCH3 is 2. The second-order valence-corrected chi connectivity index (χ2v) is 5.34. The van der Waals surface area contributed by atoms with Crippen LogP contribution in [0.5, 0.6) is 11.5 Å². The summed E-state index contributed by atoms with van der Waals surface area (Å²) in [6, 6.07) is 5.94. The van der Waals surface area contributed by atoms with Gasteiger partial charge in [0.1, 0.15) is 11.5 Å². The van der Waals surface area contributed by atoms with E-state index in [1.54, 1.807) is 14.2 Å². The van der Waals surface area contributed by atoms with Crippen LogP contribution in [0.2, 0.25) is 0 Å². The number of hydrogen-bond donors (Lipinski definition) is 1. The standard InChI is InChI=1S/C16H24N2O3.ClH/c1-20-14-8-12(9-15(10-14)21-2)5-6-16(19)18-7-3-4-13(18)11-17;/h8-10,13H,3-7,11,17H2,1-2H3;1H. The van der Waals surface area contributed by atoms with E-state index in [-0.39, 0.29) is 24.4 Å². The van der Waals surface area contributed by atoms with Gasteiger partial charge in [0.25, 0.3) is 0 Å². The second kappa shape index (κ2) is 8.86. The summed E-state index contributed by atoms with van der Waals surface area (Å²) in [5.41, 5.74) is 6.76. The van der Waals surface area contributed by atoms with Gasteiger partial charge >= 0.3 is 0 Å². The van der Waals surface area contributed by atoms with Crippen LogP contribution in [-0.2, 0) is 11.2 Å². The summed E-state index contributed by atoms with van der Waals surface area (Å²) in [6.45, 7) is 1.39. The molecule has 1 heterocycles. The van der Waals surface area contributed by atoms with Gasteiger partial charge in [-0.15, -0.1) is 12.4 Å². The molecule has 5 nitrogen and oxygen atoms in total. The van der Waals surface area contributed by atoms with Gasteiger partial charge in [-0.05, 0) is 37.0 Å². The lowest BCUT2D eigenvalue weighted by atomic mass is 10.1. The normalized spacial score (nSPS) is 17.0. The molecule has 1 aromatic carbocycles. The third-order valence-electron chi connectivity index (χ3n) is 4.01. The van der Waals surface area contributed by atoms with Crippen LogP contribution in [0.15, 0.2) is 18.2 Å². The Bertz CT molecular complexity index is 474. The van der Waals surface area contributed by atoms with E-state index >= 15 is 0 Å². The first-order valence-electron chi connectivity index (χ1n) is 7.39. The number of halogens is 1. The summed E-state index contributed by atoms with van der Waals surface area (Å²) in [5.74, 6) is 1.68. The maximum atomic E-state index is 12.3. The van der Waals surface area contributed by atoms with Crippen molar-refractivity contribution in [2.75, 3.05) is 27.3 Å². The van der Waals surface area contributed by atoms with Crippen LogP contribution in [0.25, 0.3) is 0 Å². The molecule has 1 aliphatic heterocycles. The monoisotopic (exact) mass is 328 g/mol. The Balaban J connectivity index is 0.00000242. The van der Waals surface area contributed by atoms with Crippen molar-refractivity contribution in [3.63, 3.8) is 0 Å². The predicted octanol–water partition coefficient (Wildman–Crippen LogP) is 2.01. The van der Waals surface area contributed by atoms with Crippen LogP contribution < -0.4 is 15.2 Å². The first-order chi connectivity index (χ1) is 10.2. The average Bonchev–Trinajstić information content (AvgIpc) is 3.00. The third-order valence-corrected chi connectivity index (χ3v) is 4.01. The smallest absolute Gasteiger partial charge is 0.223 e. The van der Waals surface area contributed by atoms with E-state index in [0.717, 1.165) is 36.4 Å². The number of benzene rings is 1. The van der Waals surface area contributed by atoms with Crippen molar-refractivity contribution in [3.05, 3.63) is 23.8 Å². The number of ether oxygens (including phenoxy) is 2. The van der Waals surface area contributed by atoms with E-state index in [1.807, 2.05) is 23.1 Å². The topological polar surface area (TPSA) is 64.8 Å². The molecule has 1 amide bonds. The highest BCUT2D eigenvalue weighted by Gasteiger charge is 2.26. The fourth-order valence-corrected chi connectivity index (χ4v) is 2.81. The zero-order valence-electron chi connectivity index (χ0n) is 13.2. The Labute approximate surface area is 138 Å². The summed E-state index contributed by atoms with van der Waals surface area (Å²) in [7, 11) is 3.25. The molecule has 124 valence electrons.